The fourth-order valence-corrected chi connectivity index (χ4v) is 5.77. The van der Waals surface area contributed by atoms with Crippen LogP contribution in [-0.2, 0) is 6.66 Å². The van der Waals surface area contributed by atoms with Crippen molar-refractivity contribution in [3.63, 3.8) is 0 Å². The summed E-state index contributed by atoms with van der Waals surface area (Å²) in [7, 11) is -1.09. The van der Waals surface area contributed by atoms with Crippen LogP contribution in [0.25, 0.3) is 43.5 Å². The van der Waals surface area contributed by atoms with Gasteiger partial charge in [0.2, 0.25) is 8.01 Å². The number of aryl methyl sites for hydroxylation is 1. The molecule has 5 rings (SSSR count). The maximum absolute atomic E-state index is 6.26. The van der Waals surface area contributed by atoms with Crippen molar-refractivity contribution in [2.24, 2.45) is 6.66 Å². The zero-order chi connectivity index (χ0) is 17.8. The fourth-order valence-electron chi connectivity index (χ4n) is 3.54. The van der Waals surface area contributed by atoms with Crippen molar-refractivity contribution in [2.45, 2.75) is 0 Å². The van der Waals surface area contributed by atoms with Gasteiger partial charge >= 0.3 is 0 Å². The molecule has 26 heavy (non-hydrogen) atoms. The van der Waals surface area contributed by atoms with Crippen LogP contribution in [0.3, 0.4) is 0 Å². The van der Waals surface area contributed by atoms with Crippen LogP contribution in [0.4, 0.5) is 0 Å². The summed E-state index contributed by atoms with van der Waals surface area (Å²) in [4.78, 5) is 0. The Morgan fingerprint density at radius 2 is 1.12 bits per heavy atom. The molecule has 0 aliphatic heterocycles. The van der Waals surface area contributed by atoms with Crippen LogP contribution >= 0.6 is 39.9 Å². The summed E-state index contributed by atoms with van der Waals surface area (Å²) in [5.74, 6) is 0. The van der Waals surface area contributed by atoms with Crippen molar-refractivity contribution >= 4 is 83.4 Å². The normalized spacial score (nSPS) is 11.7. The molecule has 2 nitrogen and oxygen atoms in total. The highest BCUT2D eigenvalue weighted by Crippen LogP contribution is 2.44. The number of fused-ring (bicyclic) bond motifs is 7. The summed E-state index contributed by atoms with van der Waals surface area (Å²) in [6, 6.07) is 21.0. The summed E-state index contributed by atoms with van der Waals surface area (Å²) in [5.41, 5.74) is 1.69. The maximum atomic E-state index is 6.26. The van der Waals surface area contributed by atoms with Crippen LogP contribution in [0.2, 0.25) is 0 Å². The summed E-state index contributed by atoms with van der Waals surface area (Å²) in [6.45, 7) is 1.98. The number of rotatable bonds is 0. The number of hydrogen-bond acceptors (Lipinski definition) is 2. The van der Waals surface area contributed by atoms with Crippen molar-refractivity contribution in [3.05, 3.63) is 69.6 Å². The number of benzene rings is 4. The minimum absolute atomic E-state index is 0.847. The highest BCUT2D eigenvalue weighted by molar-refractivity contribution is 9.11. The molecule has 0 unspecified atom stereocenters. The van der Waals surface area contributed by atoms with Gasteiger partial charge < -0.3 is 8.39 Å². The molecule has 0 radical (unpaired) electrons. The lowest BCUT2D eigenvalue weighted by atomic mass is 9.99. The predicted octanol–water partition coefficient (Wildman–Crippen LogP) is 8.66. The molecule has 128 valence electrons. The van der Waals surface area contributed by atoms with E-state index in [1.54, 1.807) is 0 Å². The average Bonchev–Trinajstić information content (AvgIpc) is 2.79. The lowest BCUT2D eigenvalue weighted by Gasteiger charge is -2.07. The lowest BCUT2D eigenvalue weighted by molar-refractivity contribution is 0.642. The minimum atomic E-state index is -1.09. The SMILES string of the molecule is Cp1oc2c(Br)cc3ccccc3c2c2c(o1)c(Br)cc1ccccc12. The summed E-state index contributed by atoms with van der Waals surface area (Å²) >= 11 is 7.44. The molecule has 5 heteroatoms. The molecule has 0 atom stereocenters. The van der Waals surface area contributed by atoms with Gasteiger partial charge in [0, 0.05) is 17.4 Å². The van der Waals surface area contributed by atoms with Gasteiger partial charge in [-0.05, 0) is 65.5 Å². The second-order valence-corrected chi connectivity index (χ2v) is 9.14. The van der Waals surface area contributed by atoms with Gasteiger partial charge in [-0.3, -0.25) is 0 Å². The molecule has 5 aromatic rings. The quantitative estimate of drug-likeness (QED) is 0.218. The third-order valence-electron chi connectivity index (χ3n) is 4.60. The van der Waals surface area contributed by atoms with Crippen molar-refractivity contribution in [3.8, 4) is 0 Å². The highest BCUT2D eigenvalue weighted by Gasteiger charge is 2.16. The van der Waals surface area contributed by atoms with Gasteiger partial charge in [-0.1, -0.05) is 48.5 Å². The molecule has 0 spiro atoms. The van der Waals surface area contributed by atoms with Crippen molar-refractivity contribution in [1.29, 1.82) is 0 Å². The standard InChI is InChI=1S/C21H13Br2O2P/c1-26-24-20-16(22)10-12-6-2-4-8-14(12)18(20)19-15-9-5-3-7-13(15)11-17(23)21(19)25-26/h2-11H,1H3. The molecule has 0 N–H and O–H groups in total. The van der Waals surface area contributed by atoms with Gasteiger partial charge in [0.05, 0.1) is 8.95 Å². The van der Waals surface area contributed by atoms with Gasteiger partial charge in [0.1, 0.15) is 0 Å². The summed E-state index contributed by atoms with van der Waals surface area (Å²) in [5, 5.41) is 6.80. The van der Waals surface area contributed by atoms with E-state index in [-0.39, 0.29) is 0 Å². The van der Waals surface area contributed by atoms with E-state index in [0.717, 1.165) is 41.7 Å². The van der Waals surface area contributed by atoms with Crippen molar-refractivity contribution < 1.29 is 8.39 Å². The van der Waals surface area contributed by atoms with E-state index < -0.39 is 8.01 Å². The lowest BCUT2D eigenvalue weighted by Crippen LogP contribution is -1.82. The highest BCUT2D eigenvalue weighted by atomic mass is 79.9. The molecule has 0 saturated heterocycles. The van der Waals surface area contributed by atoms with E-state index in [2.05, 4.69) is 92.5 Å². The Kier molecular flexibility index (Phi) is 3.89. The van der Waals surface area contributed by atoms with Crippen LogP contribution < -0.4 is 0 Å². The Bertz CT molecular complexity index is 1270. The summed E-state index contributed by atoms with van der Waals surface area (Å²) in [6.07, 6.45) is 0. The second kappa shape index (κ2) is 6.16. The first-order valence-electron chi connectivity index (χ1n) is 8.16. The van der Waals surface area contributed by atoms with Gasteiger partial charge in [-0.2, -0.15) is 0 Å². The Hall–Kier alpha value is -1.74. The van der Waals surface area contributed by atoms with E-state index >= 15 is 0 Å². The minimum Gasteiger partial charge on any atom is -0.418 e. The zero-order valence-electron chi connectivity index (χ0n) is 13.8. The Labute approximate surface area is 167 Å². The van der Waals surface area contributed by atoms with Crippen LogP contribution in [-0.4, -0.2) is 0 Å². The van der Waals surface area contributed by atoms with Gasteiger partial charge in [0.15, 0.2) is 11.2 Å². The zero-order valence-corrected chi connectivity index (χ0v) is 17.9. The second-order valence-electron chi connectivity index (χ2n) is 6.19. The van der Waals surface area contributed by atoms with Gasteiger partial charge in [0.25, 0.3) is 0 Å². The molecule has 1 aromatic heterocycles. The van der Waals surface area contributed by atoms with E-state index in [1.807, 2.05) is 6.66 Å². The van der Waals surface area contributed by atoms with Crippen LogP contribution in [0, 0.1) is 0 Å². The van der Waals surface area contributed by atoms with Gasteiger partial charge in [-0.15, -0.1) is 0 Å². The molecule has 0 aliphatic rings. The molecule has 4 aromatic carbocycles. The molecule has 0 bridgehead atoms. The Morgan fingerprint density at radius 1 is 0.692 bits per heavy atom. The molecular formula is C21H13Br2O2P. The molecule has 1 heterocycles. The Morgan fingerprint density at radius 3 is 1.58 bits per heavy atom. The third kappa shape index (κ3) is 2.44. The average molecular weight is 488 g/mol. The van der Waals surface area contributed by atoms with E-state index in [0.29, 0.717) is 0 Å². The first-order valence-corrected chi connectivity index (χ1v) is 11.4. The largest absolute Gasteiger partial charge is 0.418 e. The first kappa shape index (κ1) is 16.4. The maximum Gasteiger partial charge on any atom is 0.213 e. The smallest absolute Gasteiger partial charge is 0.213 e. The van der Waals surface area contributed by atoms with Gasteiger partial charge in [-0.25, -0.2) is 0 Å². The first-order chi connectivity index (χ1) is 12.6. The monoisotopic (exact) mass is 486 g/mol. The predicted molar refractivity (Wildman–Crippen MR) is 118 cm³/mol. The molecule has 0 fully saturated rings. The van der Waals surface area contributed by atoms with E-state index in [9.17, 15) is 0 Å². The molecular weight excluding hydrogens is 475 g/mol. The van der Waals surface area contributed by atoms with Crippen LogP contribution in [0.15, 0.2) is 78.0 Å². The van der Waals surface area contributed by atoms with Crippen molar-refractivity contribution in [1.82, 2.24) is 0 Å². The third-order valence-corrected chi connectivity index (χ3v) is 6.66. The van der Waals surface area contributed by atoms with Crippen LogP contribution in [0.5, 0.6) is 0 Å². The fraction of sp³-hybridized carbons (Fsp3) is 0.0476. The van der Waals surface area contributed by atoms with Crippen molar-refractivity contribution in [2.75, 3.05) is 0 Å². The molecule has 0 saturated carbocycles. The van der Waals surface area contributed by atoms with E-state index in [1.165, 1.54) is 10.8 Å². The molecule has 0 amide bonds. The topological polar surface area (TPSA) is 26.3 Å². The van der Waals surface area contributed by atoms with Crippen LogP contribution in [0.1, 0.15) is 0 Å². The molecule has 0 aliphatic carbocycles. The number of halogens is 2. The number of hydrogen-bond donors (Lipinski definition) is 0. The Balaban J connectivity index is 2.28. The summed E-state index contributed by atoms with van der Waals surface area (Å²) < 4.78 is 14.4. The van der Waals surface area contributed by atoms with E-state index in [4.69, 9.17) is 8.39 Å².